The Morgan fingerprint density at radius 3 is 2.15 bits per heavy atom. The molecule has 14 heteroatoms. The normalized spacial score (nSPS) is 12.9. The molecule has 0 unspecified atom stereocenters. The van der Waals surface area contributed by atoms with Gasteiger partial charge < -0.3 is 37.5 Å². The first kappa shape index (κ1) is 32.9. The van der Waals surface area contributed by atoms with E-state index in [1.165, 1.54) is 35.2 Å². The molecule has 0 saturated heterocycles. The van der Waals surface area contributed by atoms with E-state index in [0.29, 0.717) is 24.2 Å². The number of carbonyl (C=O) groups excluding carboxylic acids is 3. The van der Waals surface area contributed by atoms with E-state index >= 15 is 0 Å². The molecule has 0 aliphatic heterocycles. The van der Waals surface area contributed by atoms with Crippen LogP contribution in [-0.2, 0) is 33.4 Å². The van der Waals surface area contributed by atoms with E-state index in [-0.39, 0.29) is 50.1 Å². The highest BCUT2D eigenvalue weighted by Gasteiger charge is 2.30. The lowest BCUT2D eigenvalue weighted by molar-refractivity contribution is -0.137. The van der Waals surface area contributed by atoms with Crippen LogP contribution in [0.25, 0.3) is 0 Å². The molecule has 2 aromatic rings. The van der Waals surface area contributed by atoms with E-state index in [0.717, 1.165) is 12.1 Å². The smallest absolute Gasteiger partial charge is 0.423 e. The molecular formula is C26H35BF3N5O5. The lowest BCUT2D eigenvalue weighted by atomic mass is 9.79. The van der Waals surface area contributed by atoms with Crippen molar-refractivity contribution in [2.24, 2.45) is 17.2 Å². The van der Waals surface area contributed by atoms with E-state index in [1.807, 2.05) is 0 Å². The second-order valence-corrected chi connectivity index (χ2v) is 9.33. The number of nitrogens with zero attached hydrogens (tertiary/aromatic N) is 1. The third kappa shape index (κ3) is 10.4. The zero-order chi connectivity index (χ0) is 29.9. The Hall–Kier alpha value is -3.30. The summed E-state index contributed by atoms with van der Waals surface area (Å²) in [6, 6.07) is 7.93. The fraction of sp³-hybridized carbons (Fsp3) is 0.423. The number of benzene rings is 2. The molecule has 0 aliphatic rings. The van der Waals surface area contributed by atoms with Crippen molar-refractivity contribution in [1.29, 1.82) is 0 Å². The largest absolute Gasteiger partial charge is 0.488 e. The van der Waals surface area contributed by atoms with Crippen LogP contribution in [0.15, 0.2) is 48.5 Å². The van der Waals surface area contributed by atoms with Gasteiger partial charge in [0.05, 0.1) is 17.6 Å². The van der Waals surface area contributed by atoms with Crippen molar-refractivity contribution in [3.05, 3.63) is 65.2 Å². The van der Waals surface area contributed by atoms with Crippen LogP contribution in [0.5, 0.6) is 0 Å². The van der Waals surface area contributed by atoms with Gasteiger partial charge in [-0.05, 0) is 41.6 Å². The Balaban J connectivity index is 2.16. The highest BCUT2D eigenvalue weighted by atomic mass is 19.4. The summed E-state index contributed by atoms with van der Waals surface area (Å²) >= 11 is 0. The highest BCUT2D eigenvalue weighted by Crippen LogP contribution is 2.29. The Bertz CT molecular complexity index is 1130. The summed E-state index contributed by atoms with van der Waals surface area (Å²) in [6.45, 7) is 1.09. The van der Waals surface area contributed by atoms with Crippen LogP contribution >= 0.6 is 0 Å². The first-order valence-corrected chi connectivity index (χ1v) is 12.7. The van der Waals surface area contributed by atoms with Gasteiger partial charge in [-0.1, -0.05) is 36.4 Å². The van der Waals surface area contributed by atoms with Gasteiger partial charge in [0, 0.05) is 39.0 Å². The molecule has 0 fully saturated rings. The van der Waals surface area contributed by atoms with Crippen molar-refractivity contribution in [3.8, 4) is 0 Å². The Labute approximate surface area is 230 Å². The van der Waals surface area contributed by atoms with Crippen molar-refractivity contribution in [3.63, 3.8) is 0 Å². The Morgan fingerprint density at radius 2 is 1.60 bits per heavy atom. The van der Waals surface area contributed by atoms with Crippen molar-refractivity contribution < 1.29 is 37.6 Å². The highest BCUT2D eigenvalue weighted by molar-refractivity contribution is 6.58. The van der Waals surface area contributed by atoms with Gasteiger partial charge in [0.1, 0.15) is 0 Å². The summed E-state index contributed by atoms with van der Waals surface area (Å²) < 4.78 is 38.9. The number of Topliss-reactive ketones (excluding diaryl/α,β-unsaturated/α-hetero) is 1. The second-order valence-electron chi connectivity index (χ2n) is 9.33. The number of nitrogens with two attached hydrogens (primary N) is 3. The van der Waals surface area contributed by atoms with Crippen molar-refractivity contribution in [2.45, 2.75) is 43.9 Å². The number of hydrogen-bond acceptors (Lipinski definition) is 8. The third-order valence-electron chi connectivity index (χ3n) is 6.21. The van der Waals surface area contributed by atoms with Gasteiger partial charge >= 0.3 is 13.3 Å². The Morgan fingerprint density at radius 1 is 0.975 bits per heavy atom. The van der Waals surface area contributed by atoms with Crippen LogP contribution in [0.4, 0.5) is 13.2 Å². The molecule has 2 rings (SSSR count). The van der Waals surface area contributed by atoms with E-state index < -0.39 is 42.6 Å². The maximum atomic E-state index is 13.2. The van der Waals surface area contributed by atoms with Crippen LogP contribution in [0.3, 0.4) is 0 Å². The number of hydrogen-bond donors (Lipinski definition) is 6. The molecule has 0 bridgehead atoms. The molecule has 9 N–H and O–H groups in total. The van der Waals surface area contributed by atoms with E-state index in [1.54, 1.807) is 6.07 Å². The summed E-state index contributed by atoms with van der Waals surface area (Å²) in [7, 11) is -1.75. The first-order chi connectivity index (χ1) is 18.8. The van der Waals surface area contributed by atoms with Gasteiger partial charge in [0.2, 0.25) is 11.8 Å². The monoisotopic (exact) mass is 565 g/mol. The number of carbonyl (C=O) groups is 3. The summed E-state index contributed by atoms with van der Waals surface area (Å²) in [5.41, 5.74) is 17.2. The predicted octanol–water partition coefficient (Wildman–Crippen LogP) is -0.922. The molecule has 10 nitrogen and oxygen atoms in total. The Kier molecular flexibility index (Phi) is 12.7. The van der Waals surface area contributed by atoms with Gasteiger partial charge in [-0.3, -0.25) is 14.4 Å². The van der Waals surface area contributed by atoms with Gasteiger partial charge in [-0.2, -0.15) is 13.2 Å². The fourth-order valence-electron chi connectivity index (χ4n) is 4.02. The van der Waals surface area contributed by atoms with Crippen molar-refractivity contribution >= 4 is 30.2 Å². The fourth-order valence-corrected chi connectivity index (χ4v) is 4.02. The van der Waals surface area contributed by atoms with Crippen LogP contribution in [0.2, 0.25) is 0 Å². The maximum Gasteiger partial charge on any atom is 0.488 e. The molecule has 2 atom stereocenters. The molecule has 0 aromatic heterocycles. The lowest BCUT2D eigenvalue weighted by Crippen LogP contribution is -2.50. The van der Waals surface area contributed by atoms with Gasteiger partial charge in [-0.15, -0.1) is 0 Å². The molecule has 0 saturated carbocycles. The molecule has 0 radical (unpaired) electrons. The number of alkyl halides is 3. The van der Waals surface area contributed by atoms with Gasteiger partial charge in [0.15, 0.2) is 5.78 Å². The minimum Gasteiger partial charge on any atom is -0.423 e. The summed E-state index contributed by atoms with van der Waals surface area (Å²) in [4.78, 5) is 40.1. The molecule has 40 heavy (non-hydrogen) atoms. The first-order valence-electron chi connectivity index (χ1n) is 12.7. The quantitative estimate of drug-likeness (QED) is 0.150. The SMILES string of the molecule is NCCN(CCN)C(=O)CC[C@H](N)C(=O)N[C@H](Cc1ccc(C(F)(F)F)cc1)C(=O)Cc1cccc(B(O)O)c1. The predicted molar refractivity (Wildman–Crippen MR) is 144 cm³/mol. The molecule has 0 aliphatic carbocycles. The van der Waals surface area contributed by atoms with Gasteiger partial charge in [0.25, 0.3) is 0 Å². The van der Waals surface area contributed by atoms with Crippen molar-refractivity contribution in [1.82, 2.24) is 10.2 Å². The van der Waals surface area contributed by atoms with E-state index in [2.05, 4.69) is 5.32 Å². The topological polar surface area (TPSA) is 185 Å². The maximum absolute atomic E-state index is 13.2. The third-order valence-corrected chi connectivity index (χ3v) is 6.21. The molecule has 218 valence electrons. The average Bonchev–Trinajstić information content (AvgIpc) is 2.90. The number of halogens is 3. The number of rotatable bonds is 15. The second kappa shape index (κ2) is 15.5. The zero-order valence-electron chi connectivity index (χ0n) is 21.9. The zero-order valence-corrected chi connectivity index (χ0v) is 21.9. The standard InChI is InChI=1S/C26H35BF3N5O5/c28-26(29,30)19-6-4-17(5-7-19)15-22(23(36)16-18-2-1-3-20(14-18)27(39)40)34-25(38)21(33)8-9-24(37)35(12-10-31)13-11-32/h1-7,14,21-22,39-40H,8-13,15-16,31-33H2,(H,34,38)/t21-,22+/m0/s1. The number of ketones is 1. The van der Waals surface area contributed by atoms with E-state index in [9.17, 15) is 37.6 Å². The van der Waals surface area contributed by atoms with Crippen LogP contribution < -0.4 is 28.0 Å². The van der Waals surface area contributed by atoms with Crippen LogP contribution in [-0.4, -0.2) is 77.9 Å². The molecule has 0 spiro atoms. The molecule has 2 amide bonds. The lowest BCUT2D eigenvalue weighted by Gasteiger charge is -2.23. The summed E-state index contributed by atoms with van der Waals surface area (Å²) in [5, 5.41) is 21.4. The number of amides is 2. The number of nitrogens with one attached hydrogen (secondary N) is 1. The van der Waals surface area contributed by atoms with Crippen molar-refractivity contribution in [2.75, 3.05) is 26.2 Å². The minimum absolute atomic E-state index is 0.0199. The summed E-state index contributed by atoms with van der Waals surface area (Å²) in [6.07, 6.45) is -4.92. The molecule has 2 aromatic carbocycles. The molecular weight excluding hydrogens is 530 g/mol. The molecule has 0 heterocycles. The van der Waals surface area contributed by atoms with Crippen LogP contribution in [0, 0.1) is 0 Å². The average molecular weight is 565 g/mol. The minimum atomic E-state index is -4.53. The van der Waals surface area contributed by atoms with Gasteiger partial charge in [-0.25, -0.2) is 0 Å². The summed E-state index contributed by atoms with van der Waals surface area (Å²) in [5.74, 6) is -1.46. The van der Waals surface area contributed by atoms with E-state index in [4.69, 9.17) is 17.2 Å². The van der Waals surface area contributed by atoms with Crippen LogP contribution in [0.1, 0.15) is 29.5 Å².